The standard InChI is InChI=1S/C14H25NOS/c1-4-12(15)14(13-8-6-10-17-13)16-9-5-7-11(2)3/h6,8,10-12,14H,4-5,7,9,15H2,1-3H3. The topological polar surface area (TPSA) is 35.2 Å². The highest BCUT2D eigenvalue weighted by atomic mass is 32.1. The lowest BCUT2D eigenvalue weighted by Gasteiger charge is -2.22. The molecule has 0 fully saturated rings. The Labute approximate surface area is 109 Å². The van der Waals surface area contributed by atoms with Gasteiger partial charge in [-0.15, -0.1) is 11.3 Å². The summed E-state index contributed by atoms with van der Waals surface area (Å²) in [6.07, 6.45) is 3.37. The van der Waals surface area contributed by atoms with Gasteiger partial charge in [0, 0.05) is 17.5 Å². The van der Waals surface area contributed by atoms with Crippen LogP contribution < -0.4 is 5.73 Å². The van der Waals surface area contributed by atoms with Crippen LogP contribution in [0.1, 0.15) is 51.0 Å². The lowest BCUT2D eigenvalue weighted by Crippen LogP contribution is -2.29. The van der Waals surface area contributed by atoms with Crippen molar-refractivity contribution in [3.63, 3.8) is 0 Å². The third kappa shape index (κ3) is 5.19. The number of thiophene rings is 1. The minimum atomic E-state index is 0.0761. The summed E-state index contributed by atoms with van der Waals surface area (Å²) in [4.78, 5) is 1.25. The van der Waals surface area contributed by atoms with E-state index in [0.717, 1.165) is 25.4 Å². The van der Waals surface area contributed by atoms with E-state index in [9.17, 15) is 0 Å². The summed E-state index contributed by atoms with van der Waals surface area (Å²) in [5.41, 5.74) is 6.13. The van der Waals surface area contributed by atoms with E-state index in [2.05, 4.69) is 38.3 Å². The van der Waals surface area contributed by atoms with Gasteiger partial charge in [0.15, 0.2) is 0 Å². The smallest absolute Gasteiger partial charge is 0.107 e. The first-order valence-corrected chi connectivity index (χ1v) is 7.43. The molecule has 0 saturated carbocycles. The number of nitrogens with two attached hydrogens (primary N) is 1. The van der Waals surface area contributed by atoms with E-state index in [4.69, 9.17) is 10.5 Å². The first kappa shape index (κ1) is 14.7. The lowest BCUT2D eigenvalue weighted by atomic mass is 10.1. The van der Waals surface area contributed by atoms with Gasteiger partial charge in [-0.3, -0.25) is 0 Å². The molecule has 1 aromatic rings. The van der Waals surface area contributed by atoms with E-state index in [-0.39, 0.29) is 12.1 Å². The fraction of sp³-hybridized carbons (Fsp3) is 0.714. The van der Waals surface area contributed by atoms with Crippen molar-refractivity contribution in [2.45, 2.75) is 52.2 Å². The van der Waals surface area contributed by atoms with Gasteiger partial charge in [0.05, 0.1) is 0 Å². The average molecular weight is 255 g/mol. The Hall–Kier alpha value is -0.380. The Morgan fingerprint density at radius 3 is 2.71 bits per heavy atom. The van der Waals surface area contributed by atoms with Crippen LogP contribution in [0.5, 0.6) is 0 Å². The third-order valence-electron chi connectivity index (χ3n) is 2.91. The highest BCUT2D eigenvalue weighted by Crippen LogP contribution is 2.26. The first-order chi connectivity index (χ1) is 8.15. The zero-order valence-electron chi connectivity index (χ0n) is 11.2. The number of hydrogen-bond donors (Lipinski definition) is 1. The van der Waals surface area contributed by atoms with E-state index in [0.29, 0.717) is 0 Å². The molecule has 2 N–H and O–H groups in total. The van der Waals surface area contributed by atoms with E-state index in [1.54, 1.807) is 11.3 Å². The summed E-state index contributed by atoms with van der Waals surface area (Å²) >= 11 is 1.73. The highest BCUT2D eigenvalue weighted by molar-refractivity contribution is 7.10. The van der Waals surface area contributed by atoms with Crippen LogP contribution in [0.15, 0.2) is 17.5 Å². The summed E-state index contributed by atoms with van der Waals surface area (Å²) in [7, 11) is 0. The molecule has 2 unspecified atom stereocenters. The van der Waals surface area contributed by atoms with Crippen molar-refractivity contribution in [1.29, 1.82) is 0 Å². The van der Waals surface area contributed by atoms with E-state index in [1.165, 1.54) is 11.3 Å². The van der Waals surface area contributed by atoms with Crippen molar-refractivity contribution in [2.24, 2.45) is 11.7 Å². The predicted molar refractivity (Wildman–Crippen MR) is 75.4 cm³/mol. The molecule has 0 aliphatic heterocycles. The van der Waals surface area contributed by atoms with Crippen LogP contribution in [-0.2, 0) is 4.74 Å². The highest BCUT2D eigenvalue weighted by Gasteiger charge is 2.19. The molecule has 1 heterocycles. The molecule has 1 aromatic heterocycles. The fourth-order valence-corrected chi connectivity index (χ4v) is 2.63. The molecule has 17 heavy (non-hydrogen) atoms. The molecule has 0 aliphatic carbocycles. The average Bonchev–Trinajstić information content (AvgIpc) is 2.81. The third-order valence-corrected chi connectivity index (χ3v) is 3.84. The first-order valence-electron chi connectivity index (χ1n) is 6.55. The van der Waals surface area contributed by atoms with Gasteiger partial charge in [-0.2, -0.15) is 0 Å². The zero-order valence-corrected chi connectivity index (χ0v) is 12.0. The summed E-state index contributed by atoms with van der Waals surface area (Å²) < 4.78 is 5.98. The molecule has 0 saturated heterocycles. The Morgan fingerprint density at radius 2 is 2.18 bits per heavy atom. The number of hydrogen-bond acceptors (Lipinski definition) is 3. The van der Waals surface area contributed by atoms with Gasteiger partial charge in [0.25, 0.3) is 0 Å². The summed E-state index contributed by atoms with van der Waals surface area (Å²) in [5, 5.41) is 2.09. The predicted octanol–water partition coefficient (Wildman–Crippen LogP) is 3.98. The molecule has 1 rings (SSSR count). The molecular formula is C14H25NOS. The molecule has 0 bridgehead atoms. The Kier molecular flexibility index (Phi) is 6.78. The molecule has 2 atom stereocenters. The van der Waals surface area contributed by atoms with Crippen LogP contribution in [0.4, 0.5) is 0 Å². The van der Waals surface area contributed by atoms with Gasteiger partial charge in [-0.05, 0) is 36.6 Å². The molecule has 98 valence electrons. The molecule has 0 spiro atoms. The fourth-order valence-electron chi connectivity index (χ4n) is 1.79. The van der Waals surface area contributed by atoms with Crippen LogP contribution in [0.25, 0.3) is 0 Å². The number of ether oxygens (including phenoxy) is 1. The quantitative estimate of drug-likeness (QED) is 0.713. The normalized spacial score (nSPS) is 15.1. The van der Waals surface area contributed by atoms with Crippen molar-refractivity contribution in [2.75, 3.05) is 6.61 Å². The summed E-state index contributed by atoms with van der Waals surface area (Å²) in [6.45, 7) is 7.42. The van der Waals surface area contributed by atoms with Crippen molar-refractivity contribution in [1.82, 2.24) is 0 Å². The molecular weight excluding hydrogens is 230 g/mol. The Balaban J connectivity index is 2.42. The Bertz CT molecular complexity index is 284. The van der Waals surface area contributed by atoms with Gasteiger partial charge >= 0.3 is 0 Å². The van der Waals surface area contributed by atoms with Crippen molar-refractivity contribution in [3.8, 4) is 0 Å². The minimum absolute atomic E-state index is 0.0761. The summed E-state index contributed by atoms with van der Waals surface area (Å²) in [5.74, 6) is 0.749. The zero-order chi connectivity index (χ0) is 12.7. The molecule has 2 nitrogen and oxygen atoms in total. The second kappa shape index (κ2) is 7.85. The molecule has 3 heteroatoms. The number of rotatable bonds is 8. The van der Waals surface area contributed by atoms with E-state index >= 15 is 0 Å². The molecule has 0 radical (unpaired) electrons. The molecule has 0 aliphatic rings. The Morgan fingerprint density at radius 1 is 1.41 bits per heavy atom. The van der Waals surface area contributed by atoms with Gasteiger partial charge in [0.2, 0.25) is 0 Å². The van der Waals surface area contributed by atoms with E-state index < -0.39 is 0 Å². The maximum absolute atomic E-state index is 6.13. The second-order valence-corrected chi connectivity index (χ2v) is 5.89. The van der Waals surface area contributed by atoms with Crippen LogP contribution in [0, 0.1) is 5.92 Å². The van der Waals surface area contributed by atoms with Gasteiger partial charge in [-0.1, -0.05) is 26.8 Å². The van der Waals surface area contributed by atoms with Crippen molar-refractivity contribution >= 4 is 11.3 Å². The van der Waals surface area contributed by atoms with Gasteiger partial charge in [-0.25, -0.2) is 0 Å². The van der Waals surface area contributed by atoms with Crippen molar-refractivity contribution < 1.29 is 4.74 Å². The maximum Gasteiger partial charge on any atom is 0.107 e. The monoisotopic (exact) mass is 255 g/mol. The largest absolute Gasteiger partial charge is 0.371 e. The maximum atomic E-state index is 6.13. The second-order valence-electron chi connectivity index (χ2n) is 4.91. The van der Waals surface area contributed by atoms with E-state index in [1.807, 2.05) is 0 Å². The summed E-state index contributed by atoms with van der Waals surface area (Å²) in [6, 6.07) is 4.29. The van der Waals surface area contributed by atoms with Gasteiger partial charge in [0.1, 0.15) is 6.10 Å². The molecule has 0 aromatic carbocycles. The van der Waals surface area contributed by atoms with Crippen LogP contribution >= 0.6 is 11.3 Å². The molecule has 0 amide bonds. The van der Waals surface area contributed by atoms with Crippen LogP contribution in [-0.4, -0.2) is 12.6 Å². The SMILES string of the molecule is CCC(N)C(OCCCC(C)C)c1cccs1. The van der Waals surface area contributed by atoms with Crippen LogP contribution in [0.2, 0.25) is 0 Å². The van der Waals surface area contributed by atoms with Crippen LogP contribution in [0.3, 0.4) is 0 Å². The lowest BCUT2D eigenvalue weighted by molar-refractivity contribution is 0.0325. The minimum Gasteiger partial charge on any atom is -0.371 e. The van der Waals surface area contributed by atoms with Gasteiger partial charge < -0.3 is 10.5 Å². The van der Waals surface area contributed by atoms with Crippen molar-refractivity contribution in [3.05, 3.63) is 22.4 Å².